The minimum Gasteiger partial charge on any atom is -0.277 e. The number of nitrogens with zero attached hydrogens (tertiary/aromatic N) is 2. The minimum atomic E-state index is 1.00. The monoisotopic (exact) mass is 323 g/mol. The smallest absolute Gasteiger partial charge is 0.118 e. The molecule has 0 amide bonds. The molecule has 0 atom stereocenters. The first-order valence-electron chi connectivity index (χ1n) is 8.99. The van der Waals surface area contributed by atoms with Gasteiger partial charge in [0.1, 0.15) is 5.52 Å². The first-order chi connectivity index (χ1) is 12.4. The standard InChI is InChI=1S/C22H17N3/c1-2-8-14-13(7-1)19-15-9-3-5-11-17(15)23-21(19)22-20(14)16-10-4-6-12-18(16)24-25-22/h2,4-6,8,10-12,24H,1,3,7,9H2. The van der Waals surface area contributed by atoms with E-state index in [2.05, 4.69) is 53.7 Å². The summed E-state index contributed by atoms with van der Waals surface area (Å²) >= 11 is 0. The molecule has 25 heavy (non-hydrogen) atoms. The van der Waals surface area contributed by atoms with E-state index in [1.54, 1.807) is 0 Å². The Labute approximate surface area is 145 Å². The van der Waals surface area contributed by atoms with Gasteiger partial charge in [0.2, 0.25) is 0 Å². The summed E-state index contributed by atoms with van der Waals surface area (Å²) in [5.41, 5.74) is 8.51. The van der Waals surface area contributed by atoms with Gasteiger partial charge in [-0.1, -0.05) is 36.4 Å². The third-order valence-electron chi connectivity index (χ3n) is 5.60. The number of H-pyrrole nitrogens is 1. The summed E-state index contributed by atoms with van der Waals surface area (Å²) < 4.78 is 0. The van der Waals surface area contributed by atoms with Crippen LogP contribution in [-0.4, -0.2) is 15.2 Å². The van der Waals surface area contributed by atoms with E-state index < -0.39 is 0 Å². The molecule has 3 nitrogen and oxygen atoms in total. The van der Waals surface area contributed by atoms with Gasteiger partial charge in [0.15, 0.2) is 0 Å². The Bertz CT molecular complexity index is 1240. The number of para-hydroxylation sites is 1. The van der Waals surface area contributed by atoms with Gasteiger partial charge in [-0.05, 0) is 54.5 Å². The highest BCUT2D eigenvalue weighted by Gasteiger charge is 2.24. The molecule has 4 aromatic rings. The van der Waals surface area contributed by atoms with Gasteiger partial charge >= 0.3 is 0 Å². The number of benzene rings is 2. The number of aromatic nitrogens is 3. The Kier molecular flexibility index (Phi) is 2.56. The maximum absolute atomic E-state index is 5.00. The maximum atomic E-state index is 5.00. The lowest BCUT2D eigenvalue weighted by Gasteiger charge is -2.17. The van der Waals surface area contributed by atoms with Gasteiger partial charge in [-0.3, -0.25) is 5.10 Å². The van der Waals surface area contributed by atoms with E-state index in [-0.39, 0.29) is 0 Å². The Morgan fingerprint density at radius 1 is 0.840 bits per heavy atom. The molecule has 1 N–H and O–H groups in total. The predicted molar refractivity (Wildman–Crippen MR) is 104 cm³/mol. The molecule has 0 saturated heterocycles. The molecule has 2 aromatic heterocycles. The van der Waals surface area contributed by atoms with Crippen molar-refractivity contribution in [1.82, 2.24) is 15.2 Å². The molecule has 0 saturated carbocycles. The highest BCUT2D eigenvalue weighted by atomic mass is 15.1. The number of fused-ring (bicyclic) bond motifs is 10. The van der Waals surface area contributed by atoms with Crippen molar-refractivity contribution in [1.29, 1.82) is 0 Å². The van der Waals surface area contributed by atoms with Crippen molar-refractivity contribution in [3.8, 4) is 0 Å². The van der Waals surface area contributed by atoms with Gasteiger partial charge in [-0.25, -0.2) is 4.98 Å². The Morgan fingerprint density at radius 3 is 2.64 bits per heavy atom. The second-order valence-corrected chi connectivity index (χ2v) is 6.97. The van der Waals surface area contributed by atoms with Crippen LogP contribution in [0, 0.1) is 0 Å². The molecule has 0 unspecified atom stereocenters. The van der Waals surface area contributed by atoms with E-state index in [0.29, 0.717) is 0 Å². The summed E-state index contributed by atoms with van der Waals surface area (Å²) in [6, 6.07) is 8.44. The molecule has 0 radical (unpaired) electrons. The molecule has 0 spiro atoms. The van der Waals surface area contributed by atoms with Crippen LogP contribution < -0.4 is 0 Å². The van der Waals surface area contributed by atoms with Gasteiger partial charge < -0.3 is 0 Å². The number of rotatable bonds is 0. The first-order valence-corrected chi connectivity index (χ1v) is 8.99. The first kappa shape index (κ1) is 13.4. The van der Waals surface area contributed by atoms with Gasteiger partial charge in [-0.15, -0.1) is 0 Å². The Hall–Kier alpha value is -2.94. The summed E-state index contributed by atoms with van der Waals surface area (Å²) in [6.45, 7) is 0. The average molecular weight is 323 g/mol. The largest absolute Gasteiger partial charge is 0.277 e. The van der Waals surface area contributed by atoms with Crippen LogP contribution in [-0.2, 0) is 12.8 Å². The third kappa shape index (κ3) is 1.70. The normalized spacial score (nSPS) is 15.8. The summed E-state index contributed by atoms with van der Waals surface area (Å²) in [5.74, 6) is 0. The third-order valence-corrected chi connectivity index (χ3v) is 5.60. The van der Waals surface area contributed by atoms with Gasteiger partial charge in [-0.2, -0.15) is 5.10 Å². The molecule has 0 fully saturated rings. The molecular formula is C22H17N3. The molecule has 0 bridgehead atoms. The van der Waals surface area contributed by atoms with Crippen LogP contribution >= 0.6 is 0 Å². The Balaban J connectivity index is 1.92. The second-order valence-electron chi connectivity index (χ2n) is 6.97. The quantitative estimate of drug-likeness (QED) is 0.453. The molecule has 6 rings (SSSR count). The number of hydrogen-bond acceptors (Lipinski definition) is 2. The number of aryl methyl sites for hydroxylation is 2. The highest BCUT2D eigenvalue weighted by Crippen LogP contribution is 2.41. The molecule has 3 heteroatoms. The maximum Gasteiger partial charge on any atom is 0.118 e. The zero-order chi connectivity index (χ0) is 16.4. The minimum absolute atomic E-state index is 1.00. The Morgan fingerprint density at radius 2 is 1.68 bits per heavy atom. The van der Waals surface area contributed by atoms with Crippen LogP contribution in [0.2, 0.25) is 0 Å². The number of allylic oxidation sites excluding steroid dienone is 2. The SMILES string of the molecule is C1=Cc2nc3c(c2CC1)c1c(c2c4ccccc4[nH]nc32)C=CCC1. The molecule has 120 valence electrons. The van der Waals surface area contributed by atoms with E-state index in [0.717, 1.165) is 47.9 Å². The van der Waals surface area contributed by atoms with Gasteiger partial charge in [0.25, 0.3) is 0 Å². The zero-order valence-electron chi connectivity index (χ0n) is 13.8. The fourth-order valence-electron chi connectivity index (χ4n) is 4.53. The van der Waals surface area contributed by atoms with Crippen molar-refractivity contribution in [2.45, 2.75) is 25.7 Å². The van der Waals surface area contributed by atoms with E-state index >= 15 is 0 Å². The fraction of sp³-hybridized carbons (Fsp3) is 0.182. The lowest BCUT2D eigenvalue weighted by Crippen LogP contribution is -2.01. The molecular weight excluding hydrogens is 306 g/mol. The summed E-state index contributed by atoms with van der Waals surface area (Å²) in [5, 5.41) is 11.8. The lowest BCUT2D eigenvalue weighted by atomic mass is 9.87. The van der Waals surface area contributed by atoms with Crippen molar-refractivity contribution in [3.63, 3.8) is 0 Å². The average Bonchev–Trinajstić information content (AvgIpc) is 3.07. The van der Waals surface area contributed by atoms with Crippen molar-refractivity contribution < 1.29 is 0 Å². The van der Waals surface area contributed by atoms with Crippen LogP contribution in [0.3, 0.4) is 0 Å². The summed E-state index contributed by atoms with van der Waals surface area (Å²) in [4.78, 5) is 5.00. The zero-order valence-corrected chi connectivity index (χ0v) is 13.8. The second kappa shape index (κ2) is 4.79. The van der Waals surface area contributed by atoms with Crippen molar-refractivity contribution >= 4 is 44.9 Å². The van der Waals surface area contributed by atoms with Crippen molar-refractivity contribution in [2.24, 2.45) is 0 Å². The number of hydrogen-bond donors (Lipinski definition) is 1. The van der Waals surface area contributed by atoms with Crippen LogP contribution in [0.1, 0.15) is 35.2 Å². The topological polar surface area (TPSA) is 41.6 Å². The fourth-order valence-corrected chi connectivity index (χ4v) is 4.53. The summed E-state index contributed by atoms with van der Waals surface area (Å²) in [6.07, 6.45) is 13.4. The van der Waals surface area contributed by atoms with Crippen LogP contribution in [0.5, 0.6) is 0 Å². The highest BCUT2D eigenvalue weighted by molar-refractivity contribution is 6.19. The van der Waals surface area contributed by atoms with Crippen molar-refractivity contribution in [2.75, 3.05) is 0 Å². The number of aromatic amines is 1. The molecule has 2 aromatic carbocycles. The summed E-state index contributed by atoms with van der Waals surface area (Å²) in [7, 11) is 0. The molecule has 2 aliphatic rings. The van der Waals surface area contributed by atoms with Crippen molar-refractivity contribution in [3.05, 3.63) is 58.8 Å². The molecule has 2 heterocycles. The van der Waals surface area contributed by atoms with Gasteiger partial charge in [0, 0.05) is 16.2 Å². The molecule has 0 aliphatic heterocycles. The molecule has 2 aliphatic carbocycles. The van der Waals surface area contributed by atoms with Crippen LogP contribution in [0.25, 0.3) is 44.9 Å². The van der Waals surface area contributed by atoms with Gasteiger partial charge in [0.05, 0.1) is 16.7 Å². The predicted octanol–water partition coefficient (Wildman–Crippen LogP) is 5.18. The van der Waals surface area contributed by atoms with E-state index in [4.69, 9.17) is 10.1 Å². The van der Waals surface area contributed by atoms with E-state index in [1.165, 1.54) is 32.8 Å². The van der Waals surface area contributed by atoms with E-state index in [1.807, 2.05) is 0 Å². The van der Waals surface area contributed by atoms with Crippen LogP contribution in [0.4, 0.5) is 0 Å². The van der Waals surface area contributed by atoms with Crippen LogP contribution in [0.15, 0.2) is 36.4 Å². The number of nitrogens with one attached hydrogen (secondary N) is 1. The van der Waals surface area contributed by atoms with E-state index in [9.17, 15) is 0 Å². The lowest BCUT2D eigenvalue weighted by molar-refractivity contribution is 0.975.